The highest BCUT2D eigenvalue weighted by Gasteiger charge is 1.94. The van der Waals surface area contributed by atoms with Crippen molar-refractivity contribution in [2.45, 2.75) is 13.5 Å². The van der Waals surface area contributed by atoms with Gasteiger partial charge in [-0.1, -0.05) is 12.1 Å². The summed E-state index contributed by atoms with van der Waals surface area (Å²) in [7, 11) is 1.66. The Balaban J connectivity index is 2.46. The van der Waals surface area contributed by atoms with Crippen LogP contribution < -0.4 is 10.2 Å². The summed E-state index contributed by atoms with van der Waals surface area (Å²) < 4.78 is 5.09. The number of ether oxygens (including phenoxy) is 1. The molecule has 0 saturated carbocycles. The molecule has 0 unspecified atom stereocenters. The lowest BCUT2D eigenvalue weighted by Gasteiger charge is -2.05. The summed E-state index contributed by atoms with van der Waals surface area (Å²) in [5.41, 5.74) is 3.99. The molecule has 0 aliphatic rings. The van der Waals surface area contributed by atoms with E-state index >= 15 is 0 Å². The van der Waals surface area contributed by atoms with Crippen LogP contribution in [0.3, 0.4) is 0 Å². The van der Waals surface area contributed by atoms with Gasteiger partial charge in [0, 0.05) is 6.54 Å². The predicted molar refractivity (Wildman–Crippen MR) is 51.5 cm³/mol. The second-order valence-electron chi connectivity index (χ2n) is 2.61. The van der Waals surface area contributed by atoms with Crippen LogP contribution in [0.4, 0.5) is 0 Å². The SMILES string of the molecule is CCONCc1cccc(OC)c1. The quantitative estimate of drug-likeness (QED) is 0.554. The third-order valence-electron chi connectivity index (χ3n) is 1.66. The maximum atomic E-state index is 5.09. The second kappa shape index (κ2) is 5.56. The third-order valence-corrected chi connectivity index (χ3v) is 1.66. The summed E-state index contributed by atoms with van der Waals surface area (Å²) in [6, 6.07) is 7.88. The smallest absolute Gasteiger partial charge is 0.119 e. The number of hydrogen-bond acceptors (Lipinski definition) is 3. The molecule has 1 aromatic carbocycles. The maximum Gasteiger partial charge on any atom is 0.119 e. The van der Waals surface area contributed by atoms with Crippen molar-refractivity contribution in [3.05, 3.63) is 29.8 Å². The highest BCUT2D eigenvalue weighted by atomic mass is 16.6. The van der Waals surface area contributed by atoms with Gasteiger partial charge >= 0.3 is 0 Å². The number of benzene rings is 1. The number of hydrogen-bond donors (Lipinski definition) is 1. The van der Waals surface area contributed by atoms with Crippen molar-refractivity contribution in [3.8, 4) is 5.75 Å². The fourth-order valence-electron chi connectivity index (χ4n) is 1.02. The van der Waals surface area contributed by atoms with Gasteiger partial charge in [-0.15, -0.1) is 0 Å². The Hall–Kier alpha value is -1.06. The van der Waals surface area contributed by atoms with Gasteiger partial charge in [-0.25, -0.2) is 0 Å². The fraction of sp³-hybridized carbons (Fsp3) is 0.400. The van der Waals surface area contributed by atoms with Crippen molar-refractivity contribution in [1.29, 1.82) is 0 Å². The van der Waals surface area contributed by atoms with Crippen molar-refractivity contribution in [2.24, 2.45) is 0 Å². The molecule has 1 N–H and O–H groups in total. The first kappa shape index (κ1) is 10.0. The van der Waals surface area contributed by atoms with E-state index in [1.807, 2.05) is 31.2 Å². The largest absolute Gasteiger partial charge is 0.497 e. The van der Waals surface area contributed by atoms with Crippen molar-refractivity contribution in [3.63, 3.8) is 0 Å². The Bertz CT molecular complexity index is 250. The Morgan fingerprint density at radius 3 is 2.92 bits per heavy atom. The summed E-state index contributed by atoms with van der Waals surface area (Å²) >= 11 is 0. The van der Waals surface area contributed by atoms with Gasteiger partial charge in [-0.2, -0.15) is 5.48 Å². The normalized spacial score (nSPS) is 10.0. The van der Waals surface area contributed by atoms with Crippen LogP contribution in [0.15, 0.2) is 24.3 Å². The fourth-order valence-corrected chi connectivity index (χ4v) is 1.02. The number of rotatable bonds is 5. The lowest BCUT2D eigenvalue weighted by molar-refractivity contribution is 0.0463. The maximum absolute atomic E-state index is 5.09. The van der Waals surface area contributed by atoms with E-state index in [-0.39, 0.29) is 0 Å². The van der Waals surface area contributed by atoms with Gasteiger partial charge in [0.2, 0.25) is 0 Å². The first-order chi connectivity index (χ1) is 6.36. The minimum absolute atomic E-state index is 0.671. The van der Waals surface area contributed by atoms with E-state index < -0.39 is 0 Å². The molecule has 72 valence electrons. The minimum atomic E-state index is 0.671. The lowest BCUT2D eigenvalue weighted by atomic mass is 10.2. The first-order valence-corrected chi connectivity index (χ1v) is 4.34. The molecule has 0 aliphatic carbocycles. The van der Waals surface area contributed by atoms with E-state index in [0.717, 1.165) is 11.3 Å². The zero-order valence-electron chi connectivity index (χ0n) is 8.04. The number of nitrogens with one attached hydrogen (secondary N) is 1. The summed E-state index contributed by atoms with van der Waals surface area (Å²) in [4.78, 5) is 5.02. The van der Waals surface area contributed by atoms with Crippen molar-refractivity contribution in [2.75, 3.05) is 13.7 Å². The van der Waals surface area contributed by atoms with Gasteiger partial charge in [-0.05, 0) is 24.6 Å². The molecular formula is C10H15NO2. The molecule has 0 aromatic heterocycles. The summed E-state index contributed by atoms with van der Waals surface area (Å²) in [5.74, 6) is 0.871. The zero-order valence-corrected chi connectivity index (χ0v) is 8.04. The van der Waals surface area contributed by atoms with Crippen LogP contribution in [0.5, 0.6) is 5.75 Å². The standard InChI is InChI=1S/C10H15NO2/c1-3-13-11-8-9-5-4-6-10(7-9)12-2/h4-7,11H,3,8H2,1-2H3. The topological polar surface area (TPSA) is 30.5 Å². The van der Waals surface area contributed by atoms with Crippen molar-refractivity contribution < 1.29 is 9.57 Å². The molecule has 0 heterocycles. The zero-order chi connectivity index (χ0) is 9.52. The van der Waals surface area contributed by atoms with Gasteiger partial charge in [-0.3, -0.25) is 0 Å². The van der Waals surface area contributed by atoms with Crippen molar-refractivity contribution >= 4 is 0 Å². The van der Waals surface area contributed by atoms with Gasteiger partial charge in [0.1, 0.15) is 5.75 Å². The van der Waals surface area contributed by atoms with Crippen LogP contribution in [-0.4, -0.2) is 13.7 Å². The van der Waals surface area contributed by atoms with Gasteiger partial charge < -0.3 is 9.57 Å². The van der Waals surface area contributed by atoms with E-state index in [4.69, 9.17) is 9.57 Å². The van der Waals surface area contributed by atoms with E-state index in [2.05, 4.69) is 5.48 Å². The van der Waals surface area contributed by atoms with Crippen LogP contribution in [0.1, 0.15) is 12.5 Å². The second-order valence-corrected chi connectivity index (χ2v) is 2.61. The molecule has 0 fully saturated rings. The van der Waals surface area contributed by atoms with Crippen LogP contribution in [0, 0.1) is 0 Å². The first-order valence-electron chi connectivity index (χ1n) is 4.34. The Kier molecular flexibility index (Phi) is 4.29. The summed E-state index contributed by atoms with van der Waals surface area (Å²) in [6.07, 6.45) is 0. The Morgan fingerprint density at radius 1 is 1.38 bits per heavy atom. The average molecular weight is 181 g/mol. The van der Waals surface area contributed by atoms with E-state index in [0.29, 0.717) is 13.2 Å². The molecule has 1 aromatic rings. The molecule has 0 amide bonds. The predicted octanol–water partition coefficient (Wildman–Crippen LogP) is 1.74. The molecule has 0 aliphatic heterocycles. The molecule has 0 atom stereocenters. The molecule has 0 radical (unpaired) electrons. The molecule has 3 nitrogen and oxygen atoms in total. The van der Waals surface area contributed by atoms with Crippen molar-refractivity contribution in [1.82, 2.24) is 5.48 Å². The molecule has 3 heteroatoms. The van der Waals surface area contributed by atoms with E-state index in [9.17, 15) is 0 Å². The van der Waals surface area contributed by atoms with E-state index in [1.54, 1.807) is 7.11 Å². The third kappa shape index (κ3) is 3.44. The van der Waals surface area contributed by atoms with Crippen LogP contribution in [0.25, 0.3) is 0 Å². The molecule has 1 rings (SSSR count). The van der Waals surface area contributed by atoms with Crippen LogP contribution in [0.2, 0.25) is 0 Å². The Morgan fingerprint density at radius 2 is 2.23 bits per heavy atom. The van der Waals surface area contributed by atoms with E-state index in [1.165, 1.54) is 0 Å². The van der Waals surface area contributed by atoms with Crippen LogP contribution in [-0.2, 0) is 11.4 Å². The van der Waals surface area contributed by atoms with Gasteiger partial charge in [0.15, 0.2) is 0 Å². The summed E-state index contributed by atoms with van der Waals surface area (Å²) in [6.45, 7) is 3.31. The highest BCUT2D eigenvalue weighted by Crippen LogP contribution is 2.11. The summed E-state index contributed by atoms with van der Waals surface area (Å²) in [5, 5.41) is 0. The average Bonchev–Trinajstić information content (AvgIpc) is 2.19. The van der Waals surface area contributed by atoms with Gasteiger partial charge in [0.05, 0.1) is 13.7 Å². The van der Waals surface area contributed by atoms with Gasteiger partial charge in [0.25, 0.3) is 0 Å². The highest BCUT2D eigenvalue weighted by molar-refractivity contribution is 5.28. The Labute approximate surface area is 78.6 Å². The lowest BCUT2D eigenvalue weighted by Crippen LogP contribution is -2.13. The number of methoxy groups -OCH3 is 1. The minimum Gasteiger partial charge on any atom is -0.497 e. The molecule has 13 heavy (non-hydrogen) atoms. The molecule has 0 saturated heterocycles. The molecular weight excluding hydrogens is 166 g/mol. The molecule has 0 bridgehead atoms. The van der Waals surface area contributed by atoms with Crippen LogP contribution >= 0.6 is 0 Å². The molecule has 0 spiro atoms. The monoisotopic (exact) mass is 181 g/mol. The number of hydroxylamine groups is 1.